The molecule has 0 bridgehead atoms. The summed E-state index contributed by atoms with van der Waals surface area (Å²) < 4.78 is 0. The molecule has 0 radical (unpaired) electrons. The fourth-order valence-corrected chi connectivity index (χ4v) is 3.82. The Kier molecular flexibility index (Phi) is 5.42. The lowest BCUT2D eigenvalue weighted by atomic mass is 9.95. The van der Waals surface area contributed by atoms with Crippen LogP contribution in [-0.2, 0) is 9.59 Å². The summed E-state index contributed by atoms with van der Waals surface area (Å²) >= 11 is 7.40. The highest BCUT2D eigenvalue weighted by molar-refractivity contribution is 8.00. The van der Waals surface area contributed by atoms with Gasteiger partial charge in [-0.05, 0) is 30.7 Å². The Morgan fingerprint density at radius 2 is 2.10 bits per heavy atom. The third kappa shape index (κ3) is 3.86. The van der Waals surface area contributed by atoms with Crippen molar-refractivity contribution in [3.8, 4) is 0 Å². The van der Waals surface area contributed by atoms with Crippen LogP contribution >= 0.6 is 23.4 Å². The largest absolute Gasteiger partial charge is 0.330 e. The van der Waals surface area contributed by atoms with Crippen LogP contribution in [0.15, 0.2) is 24.3 Å². The first kappa shape index (κ1) is 16.0. The van der Waals surface area contributed by atoms with Crippen LogP contribution in [0.1, 0.15) is 23.7 Å². The van der Waals surface area contributed by atoms with Gasteiger partial charge in [0.05, 0.1) is 11.3 Å². The maximum Gasteiger partial charge on any atom is 0.220 e. The van der Waals surface area contributed by atoms with E-state index in [0.29, 0.717) is 29.8 Å². The molecule has 1 amide bonds. The van der Waals surface area contributed by atoms with E-state index in [-0.39, 0.29) is 17.1 Å². The summed E-state index contributed by atoms with van der Waals surface area (Å²) in [5.41, 5.74) is 0.467. The van der Waals surface area contributed by atoms with Crippen LogP contribution in [0.5, 0.6) is 0 Å². The molecule has 1 aliphatic rings. The second-order valence-corrected chi connectivity index (χ2v) is 6.61. The summed E-state index contributed by atoms with van der Waals surface area (Å²) in [4.78, 5) is 36.9. The van der Waals surface area contributed by atoms with Crippen molar-refractivity contribution in [3.05, 3.63) is 34.9 Å². The number of hydrogen-bond donors (Lipinski definition) is 0. The van der Waals surface area contributed by atoms with E-state index in [1.54, 1.807) is 40.9 Å². The first-order valence-corrected chi connectivity index (χ1v) is 8.09. The average molecular weight is 326 g/mol. The Hall–Kier alpha value is -1.33. The van der Waals surface area contributed by atoms with Crippen LogP contribution in [0.3, 0.4) is 0 Å². The minimum Gasteiger partial charge on any atom is -0.330 e. The van der Waals surface area contributed by atoms with Gasteiger partial charge in [0.1, 0.15) is 6.29 Å². The lowest BCUT2D eigenvalue weighted by Crippen LogP contribution is -2.35. The highest BCUT2D eigenvalue weighted by Gasteiger charge is 2.32. The van der Waals surface area contributed by atoms with Crippen molar-refractivity contribution in [2.75, 3.05) is 12.3 Å². The molecule has 0 spiro atoms. The molecule has 0 N–H and O–H groups in total. The van der Waals surface area contributed by atoms with Crippen LogP contribution in [-0.4, -0.2) is 40.5 Å². The number of nitrogens with zero attached hydrogens (tertiary/aromatic N) is 1. The van der Waals surface area contributed by atoms with Gasteiger partial charge in [-0.3, -0.25) is 9.59 Å². The molecule has 2 rings (SSSR count). The molecule has 2 unspecified atom stereocenters. The first-order chi connectivity index (χ1) is 10.0. The van der Waals surface area contributed by atoms with Crippen LogP contribution in [0.2, 0.25) is 5.02 Å². The Morgan fingerprint density at radius 1 is 1.43 bits per heavy atom. The fraction of sp³-hybridized carbons (Fsp3) is 0.400. The number of Topliss-reactive ketones (excluding diaryl/α,β-unsaturated/α-hetero) is 1. The maximum absolute atomic E-state index is 12.4. The van der Waals surface area contributed by atoms with Crippen molar-refractivity contribution in [3.63, 3.8) is 0 Å². The van der Waals surface area contributed by atoms with Gasteiger partial charge in [0.15, 0.2) is 5.78 Å². The number of hydrogen-bond acceptors (Lipinski definition) is 4. The van der Waals surface area contributed by atoms with Crippen LogP contribution in [0, 0.1) is 5.92 Å². The molecule has 112 valence electrons. The Labute approximate surface area is 132 Å². The van der Waals surface area contributed by atoms with Crippen molar-refractivity contribution in [2.24, 2.45) is 5.92 Å². The van der Waals surface area contributed by atoms with Crippen molar-refractivity contribution in [1.29, 1.82) is 0 Å². The van der Waals surface area contributed by atoms with Gasteiger partial charge in [0.25, 0.3) is 0 Å². The van der Waals surface area contributed by atoms with Crippen molar-refractivity contribution in [2.45, 2.75) is 18.7 Å². The van der Waals surface area contributed by atoms with E-state index in [2.05, 4.69) is 0 Å². The van der Waals surface area contributed by atoms with E-state index in [1.165, 1.54) is 6.92 Å². The highest BCUT2D eigenvalue weighted by atomic mass is 35.5. The minimum absolute atomic E-state index is 0.0198. The third-order valence-corrected chi connectivity index (χ3v) is 4.98. The number of ketones is 1. The molecular weight excluding hydrogens is 310 g/mol. The lowest BCUT2D eigenvalue weighted by Gasteiger charge is -2.24. The van der Waals surface area contributed by atoms with Gasteiger partial charge in [0.2, 0.25) is 5.91 Å². The van der Waals surface area contributed by atoms with E-state index >= 15 is 0 Å². The molecule has 21 heavy (non-hydrogen) atoms. The SMILES string of the molecule is CC(=O)N1CCSC1CC(C=O)C(=O)c1ccc(Cl)cc1. The van der Waals surface area contributed by atoms with Crippen molar-refractivity contribution in [1.82, 2.24) is 4.90 Å². The third-order valence-electron chi connectivity index (χ3n) is 3.48. The molecule has 1 aromatic carbocycles. The molecule has 1 saturated heterocycles. The topological polar surface area (TPSA) is 54.5 Å². The zero-order valence-corrected chi connectivity index (χ0v) is 13.2. The molecule has 0 aromatic heterocycles. The molecule has 0 saturated carbocycles. The molecule has 4 nitrogen and oxygen atoms in total. The number of amides is 1. The molecule has 6 heteroatoms. The monoisotopic (exact) mass is 325 g/mol. The molecule has 0 aliphatic carbocycles. The molecule has 2 atom stereocenters. The van der Waals surface area contributed by atoms with Gasteiger partial charge in [-0.15, -0.1) is 11.8 Å². The number of halogens is 1. The summed E-state index contributed by atoms with van der Waals surface area (Å²) in [6, 6.07) is 6.49. The average Bonchev–Trinajstić information content (AvgIpc) is 2.93. The van der Waals surface area contributed by atoms with Crippen LogP contribution in [0.4, 0.5) is 0 Å². The van der Waals surface area contributed by atoms with E-state index in [9.17, 15) is 14.4 Å². The van der Waals surface area contributed by atoms with Crippen LogP contribution < -0.4 is 0 Å². The number of carbonyl (C=O) groups excluding carboxylic acids is 3. The second kappa shape index (κ2) is 7.09. The summed E-state index contributed by atoms with van der Waals surface area (Å²) in [5.74, 6) is -0.139. The Balaban J connectivity index is 2.09. The molecule has 1 heterocycles. The van der Waals surface area contributed by atoms with Gasteiger partial charge < -0.3 is 9.69 Å². The van der Waals surface area contributed by atoms with E-state index in [1.807, 2.05) is 0 Å². The van der Waals surface area contributed by atoms with Gasteiger partial charge in [-0.2, -0.15) is 0 Å². The summed E-state index contributed by atoms with van der Waals surface area (Å²) in [7, 11) is 0. The number of carbonyl (C=O) groups is 3. The summed E-state index contributed by atoms with van der Waals surface area (Å²) in [6.45, 7) is 2.18. The number of thioether (sulfide) groups is 1. The van der Waals surface area contributed by atoms with Crippen molar-refractivity contribution < 1.29 is 14.4 Å². The molecule has 1 fully saturated rings. The molecule has 1 aliphatic heterocycles. The predicted octanol–water partition coefficient (Wildman–Crippen LogP) is 2.65. The summed E-state index contributed by atoms with van der Waals surface area (Å²) in [6.07, 6.45) is 1.03. The zero-order valence-electron chi connectivity index (χ0n) is 11.6. The quantitative estimate of drug-likeness (QED) is 0.474. The van der Waals surface area contributed by atoms with Gasteiger partial charge in [-0.1, -0.05) is 11.6 Å². The van der Waals surface area contributed by atoms with E-state index < -0.39 is 5.92 Å². The normalized spacial score (nSPS) is 19.3. The number of aldehydes is 1. The van der Waals surface area contributed by atoms with Gasteiger partial charge in [-0.25, -0.2) is 0 Å². The second-order valence-electron chi connectivity index (χ2n) is 4.89. The summed E-state index contributed by atoms with van der Waals surface area (Å²) in [5, 5.41) is 0.442. The standard InChI is InChI=1S/C15H16ClNO3S/c1-10(19)17-6-7-21-14(17)8-12(9-18)15(20)11-2-4-13(16)5-3-11/h2-5,9,12,14H,6-8H2,1H3. The van der Waals surface area contributed by atoms with Gasteiger partial charge >= 0.3 is 0 Å². The molecule has 1 aromatic rings. The number of rotatable bonds is 5. The fourth-order valence-electron chi connectivity index (χ4n) is 2.35. The van der Waals surface area contributed by atoms with E-state index in [0.717, 1.165) is 5.75 Å². The highest BCUT2D eigenvalue weighted by Crippen LogP contribution is 2.30. The Bertz CT molecular complexity index is 546. The maximum atomic E-state index is 12.4. The van der Waals surface area contributed by atoms with Crippen molar-refractivity contribution >= 4 is 41.3 Å². The van der Waals surface area contributed by atoms with E-state index in [4.69, 9.17) is 11.6 Å². The Morgan fingerprint density at radius 3 is 2.67 bits per heavy atom. The predicted molar refractivity (Wildman–Crippen MR) is 83.6 cm³/mol. The lowest BCUT2D eigenvalue weighted by molar-refractivity contribution is -0.129. The van der Waals surface area contributed by atoms with Gasteiger partial charge in [0, 0.05) is 29.8 Å². The van der Waals surface area contributed by atoms with Crippen LogP contribution in [0.25, 0.3) is 0 Å². The number of benzene rings is 1. The minimum atomic E-state index is -0.733. The smallest absolute Gasteiger partial charge is 0.220 e. The first-order valence-electron chi connectivity index (χ1n) is 6.67. The molecular formula is C15H16ClNO3S. The zero-order chi connectivity index (χ0) is 15.4.